The van der Waals surface area contributed by atoms with Crippen LogP contribution >= 0.6 is 11.6 Å². The van der Waals surface area contributed by atoms with Crippen LogP contribution in [0.3, 0.4) is 0 Å². The minimum atomic E-state index is -0.820. The Morgan fingerprint density at radius 1 is 1.28 bits per heavy atom. The van der Waals surface area contributed by atoms with Gasteiger partial charge < -0.3 is 10.1 Å². The molecule has 0 aliphatic heterocycles. The van der Waals surface area contributed by atoms with Gasteiger partial charge in [0.05, 0.1) is 13.2 Å². The molecule has 0 aromatic heterocycles. The molecule has 0 aliphatic carbocycles. The monoisotopic (exact) mass is 368 g/mol. The summed E-state index contributed by atoms with van der Waals surface area (Å²) in [5.74, 6) is -1.52. The Balaban J connectivity index is 2.10. The number of carbonyl (C=O) groups is 1. The van der Waals surface area contributed by atoms with Crippen molar-refractivity contribution in [3.63, 3.8) is 0 Å². The summed E-state index contributed by atoms with van der Waals surface area (Å²) >= 11 is 6.00. The van der Waals surface area contributed by atoms with Crippen LogP contribution in [0.1, 0.15) is 12.5 Å². The molecule has 2 aromatic rings. The fourth-order valence-corrected chi connectivity index (χ4v) is 2.52. The number of nitrogens with one attached hydrogen (secondary N) is 1. The molecule has 0 unspecified atom stereocenters. The fourth-order valence-electron chi connectivity index (χ4n) is 2.32. The lowest BCUT2D eigenvalue weighted by Crippen LogP contribution is -2.39. The van der Waals surface area contributed by atoms with Crippen molar-refractivity contribution >= 4 is 23.2 Å². The van der Waals surface area contributed by atoms with E-state index in [4.69, 9.17) is 16.3 Å². The molecular weight excluding hydrogens is 350 g/mol. The lowest BCUT2D eigenvalue weighted by atomic mass is 10.1. The largest absolute Gasteiger partial charge is 0.496 e. The summed E-state index contributed by atoms with van der Waals surface area (Å²) in [5.41, 5.74) is 0.349. The van der Waals surface area contributed by atoms with Crippen molar-refractivity contribution in [1.29, 1.82) is 0 Å². The maximum atomic E-state index is 13.7. The number of rotatable bonds is 6. The number of likely N-dealkylation sites (N-methyl/N-ethyl adjacent to an activating group) is 1. The second kappa shape index (κ2) is 8.27. The molecule has 0 saturated carbocycles. The molecule has 0 aliphatic rings. The van der Waals surface area contributed by atoms with Gasteiger partial charge in [0, 0.05) is 17.1 Å². The number of amides is 1. The van der Waals surface area contributed by atoms with Crippen LogP contribution in [0, 0.1) is 11.6 Å². The quantitative estimate of drug-likeness (QED) is 0.835. The number of benzene rings is 2. The van der Waals surface area contributed by atoms with Gasteiger partial charge >= 0.3 is 0 Å². The van der Waals surface area contributed by atoms with Crippen molar-refractivity contribution in [1.82, 2.24) is 4.90 Å². The normalized spacial score (nSPS) is 12.1. The van der Waals surface area contributed by atoms with Crippen molar-refractivity contribution < 1.29 is 18.3 Å². The molecule has 134 valence electrons. The molecule has 0 radical (unpaired) electrons. The van der Waals surface area contributed by atoms with E-state index in [1.54, 1.807) is 44.2 Å². The van der Waals surface area contributed by atoms with E-state index in [0.717, 1.165) is 17.7 Å². The van der Waals surface area contributed by atoms with Crippen molar-refractivity contribution in [2.24, 2.45) is 0 Å². The standard InChI is InChI=1S/C18H19ClF2N2O2/c1-11(18(24)22-17-14(20)5-4-6-15(17)21)23(2)10-12-9-13(19)7-8-16(12)25-3/h4-9,11H,10H2,1-3H3,(H,22,24)/t11-/m0/s1. The molecule has 0 bridgehead atoms. The molecule has 7 heteroatoms. The van der Waals surface area contributed by atoms with Crippen LogP contribution in [-0.4, -0.2) is 31.0 Å². The third-order valence-electron chi connectivity index (χ3n) is 3.91. The highest BCUT2D eigenvalue weighted by molar-refractivity contribution is 6.30. The molecule has 0 saturated heterocycles. The number of carbonyl (C=O) groups excluding carboxylic acids is 1. The van der Waals surface area contributed by atoms with Crippen LogP contribution in [0.2, 0.25) is 5.02 Å². The van der Waals surface area contributed by atoms with Crippen LogP contribution < -0.4 is 10.1 Å². The van der Waals surface area contributed by atoms with Gasteiger partial charge in [0.15, 0.2) is 0 Å². The maximum absolute atomic E-state index is 13.7. The predicted molar refractivity (Wildman–Crippen MR) is 93.9 cm³/mol. The van der Waals surface area contributed by atoms with Crippen molar-refractivity contribution in [2.45, 2.75) is 19.5 Å². The van der Waals surface area contributed by atoms with Crippen LogP contribution in [0.5, 0.6) is 5.75 Å². The molecule has 1 N–H and O–H groups in total. The molecule has 1 amide bonds. The Kier molecular flexibility index (Phi) is 6.33. The second-order valence-corrected chi connectivity index (χ2v) is 6.07. The Labute approximate surface area is 150 Å². The first-order chi connectivity index (χ1) is 11.8. The minimum absolute atomic E-state index is 0.373. The van der Waals surface area contributed by atoms with E-state index in [0.29, 0.717) is 17.3 Å². The SMILES string of the molecule is COc1ccc(Cl)cc1CN(C)[C@@H](C)C(=O)Nc1c(F)cccc1F. The smallest absolute Gasteiger partial charge is 0.241 e. The van der Waals surface area contributed by atoms with E-state index in [1.807, 2.05) is 0 Å². The number of halogens is 3. The maximum Gasteiger partial charge on any atom is 0.241 e. The summed E-state index contributed by atoms with van der Waals surface area (Å²) < 4.78 is 32.6. The third kappa shape index (κ3) is 4.67. The molecule has 1 atom stereocenters. The highest BCUT2D eigenvalue weighted by Gasteiger charge is 2.22. The van der Waals surface area contributed by atoms with E-state index < -0.39 is 29.3 Å². The van der Waals surface area contributed by atoms with E-state index in [2.05, 4.69) is 5.32 Å². The average Bonchev–Trinajstić information content (AvgIpc) is 2.57. The molecule has 0 heterocycles. The summed E-state index contributed by atoms with van der Waals surface area (Å²) in [6, 6.07) is 7.97. The zero-order valence-corrected chi connectivity index (χ0v) is 14.9. The fraction of sp³-hybridized carbons (Fsp3) is 0.278. The Bertz CT molecular complexity index is 750. The summed E-state index contributed by atoms with van der Waals surface area (Å²) in [4.78, 5) is 14.1. The molecule has 0 spiro atoms. The summed E-state index contributed by atoms with van der Waals surface area (Å²) in [6.45, 7) is 2.02. The van der Waals surface area contributed by atoms with Crippen LogP contribution in [0.15, 0.2) is 36.4 Å². The Hall–Kier alpha value is -2.18. The van der Waals surface area contributed by atoms with Crippen molar-refractivity contribution in [3.8, 4) is 5.75 Å². The van der Waals surface area contributed by atoms with Gasteiger partial charge in [-0.3, -0.25) is 9.69 Å². The molecule has 2 aromatic carbocycles. The Morgan fingerprint density at radius 2 is 1.92 bits per heavy atom. The van der Waals surface area contributed by atoms with Gasteiger partial charge in [-0.25, -0.2) is 8.78 Å². The molecular formula is C18H19ClF2N2O2. The minimum Gasteiger partial charge on any atom is -0.496 e. The zero-order chi connectivity index (χ0) is 18.6. The van der Waals surface area contributed by atoms with Crippen LogP contribution in [-0.2, 0) is 11.3 Å². The number of hydrogen-bond donors (Lipinski definition) is 1. The third-order valence-corrected chi connectivity index (χ3v) is 4.15. The van der Waals surface area contributed by atoms with Gasteiger partial charge in [0.1, 0.15) is 23.1 Å². The zero-order valence-electron chi connectivity index (χ0n) is 14.1. The van der Waals surface area contributed by atoms with Gasteiger partial charge in [0.2, 0.25) is 5.91 Å². The predicted octanol–water partition coefficient (Wildman–Crippen LogP) is 4.09. The Morgan fingerprint density at radius 3 is 2.52 bits per heavy atom. The van der Waals surface area contributed by atoms with Gasteiger partial charge in [-0.15, -0.1) is 0 Å². The average molecular weight is 369 g/mol. The summed E-state index contributed by atoms with van der Waals surface area (Å²) in [5, 5.41) is 2.85. The highest BCUT2D eigenvalue weighted by Crippen LogP contribution is 2.24. The molecule has 4 nitrogen and oxygen atoms in total. The van der Waals surface area contributed by atoms with Crippen molar-refractivity contribution in [2.75, 3.05) is 19.5 Å². The number of anilines is 1. The van der Waals surface area contributed by atoms with Crippen molar-refractivity contribution in [3.05, 3.63) is 58.6 Å². The van der Waals surface area contributed by atoms with E-state index in [-0.39, 0.29) is 0 Å². The molecule has 25 heavy (non-hydrogen) atoms. The second-order valence-electron chi connectivity index (χ2n) is 5.63. The number of methoxy groups -OCH3 is 1. The molecule has 2 rings (SSSR count). The van der Waals surface area contributed by atoms with Crippen LogP contribution in [0.25, 0.3) is 0 Å². The number of para-hydroxylation sites is 1. The van der Waals surface area contributed by atoms with E-state index >= 15 is 0 Å². The van der Waals surface area contributed by atoms with Gasteiger partial charge in [-0.1, -0.05) is 17.7 Å². The number of hydrogen-bond acceptors (Lipinski definition) is 3. The number of ether oxygens (including phenoxy) is 1. The van der Waals surface area contributed by atoms with E-state index in [1.165, 1.54) is 6.07 Å². The first-order valence-corrected chi connectivity index (χ1v) is 7.98. The first-order valence-electron chi connectivity index (χ1n) is 7.61. The van der Waals surface area contributed by atoms with Crippen LogP contribution in [0.4, 0.5) is 14.5 Å². The van der Waals surface area contributed by atoms with Gasteiger partial charge in [0.25, 0.3) is 0 Å². The highest BCUT2D eigenvalue weighted by atomic mass is 35.5. The lowest BCUT2D eigenvalue weighted by molar-refractivity contribution is -0.120. The summed E-state index contributed by atoms with van der Waals surface area (Å²) in [6.07, 6.45) is 0. The molecule has 0 fully saturated rings. The number of nitrogens with zero attached hydrogens (tertiary/aromatic N) is 1. The van der Waals surface area contributed by atoms with E-state index in [9.17, 15) is 13.6 Å². The van der Waals surface area contributed by atoms with Gasteiger partial charge in [-0.05, 0) is 44.3 Å². The summed E-state index contributed by atoms with van der Waals surface area (Å²) in [7, 11) is 3.27. The lowest BCUT2D eigenvalue weighted by Gasteiger charge is -2.25. The first kappa shape index (κ1) is 19.1. The topological polar surface area (TPSA) is 41.6 Å². The van der Waals surface area contributed by atoms with Gasteiger partial charge in [-0.2, -0.15) is 0 Å².